The Labute approximate surface area is 280 Å². The van der Waals surface area contributed by atoms with Crippen molar-refractivity contribution in [2.24, 2.45) is 35.1 Å². The molecule has 12 heteroatoms. The van der Waals surface area contributed by atoms with Gasteiger partial charge >= 0.3 is 0 Å². The van der Waals surface area contributed by atoms with Gasteiger partial charge in [-0.2, -0.15) is 0 Å². The van der Waals surface area contributed by atoms with Gasteiger partial charge in [0.1, 0.15) is 12.1 Å². The molecule has 0 spiro atoms. The first kappa shape index (κ1) is 34.9. The Morgan fingerprint density at radius 2 is 0.958 bits per heavy atom. The molecule has 2 fully saturated rings. The summed E-state index contributed by atoms with van der Waals surface area (Å²) in [7, 11) is 0. The lowest BCUT2D eigenvalue weighted by Crippen LogP contribution is -2.45. The Morgan fingerprint density at radius 3 is 1.29 bits per heavy atom. The first-order chi connectivity index (χ1) is 23.0. The van der Waals surface area contributed by atoms with Gasteiger partial charge in [0, 0.05) is 45.5 Å². The molecule has 0 aromatic heterocycles. The van der Waals surface area contributed by atoms with Gasteiger partial charge in [-0.05, 0) is 127 Å². The number of fused-ring (bicyclic) bond motifs is 2. The number of carbonyl (C=O) groups excluding carboxylic acids is 6. The molecule has 8 N–H and O–H groups in total. The molecule has 2 atom stereocenters. The van der Waals surface area contributed by atoms with E-state index in [4.69, 9.17) is 11.5 Å². The molecule has 2 saturated carbocycles. The molecule has 0 unspecified atom stereocenters. The number of ketones is 2. The normalized spacial score (nSPS) is 23.2. The first-order valence-electron chi connectivity index (χ1n) is 17.0. The molecule has 0 saturated heterocycles. The average molecular weight is 659 g/mol. The zero-order valence-corrected chi connectivity index (χ0v) is 27.6. The highest BCUT2D eigenvalue weighted by Gasteiger charge is 2.32. The lowest BCUT2D eigenvalue weighted by molar-refractivity contribution is -0.130. The molecular weight excluding hydrogens is 612 g/mol. The van der Waals surface area contributed by atoms with Crippen LogP contribution in [0.25, 0.3) is 0 Å². The molecule has 12 nitrogen and oxygen atoms in total. The summed E-state index contributed by atoms with van der Waals surface area (Å²) in [4.78, 5) is 78.3. The van der Waals surface area contributed by atoms with E-state index >= 15 is 0 Å². The summed E-state index contributed by atoms with van der Waals surface area (Å²) >= 11 is 0. The molecule has 0 bridgehead atoms. The Morgan fingerprint density at radius 1 is 0.604 bits per heavy atom. The maximum absolute atomic E-state index is 13.5. The minimum absolute atomic E-state index is 0.146. The van der Waals surface area contributed by atoms with Crippen LogP contribution in [0.5, 0.6) is 0 Å². The molecular formula is C36H46N6O6. The molecule has 4 amide bonds. The van der Waals surface area contributed by atoms with E-state index < -0.39 is 35.5 Å². The predicted molar refractivity (Wildman–Crippen MR) is 181 cm³/mol. The summed E-state index contributed by atoms with van der Waals surface area (Å²) in [5.74, 6) is -1.42. The number of nitrogens with one attached hydrogen (secondary N) is 4. The van der Waals surface area contributed by atoms with Crippen molar-refractivity contribution in [2.45, 2.75) is 77.3 Å². The largest absolute Gasteiger partial charge is 0.344 e. The maximum atomic E-state index is 13.5. The summed E-state index contributed by atoms with van der Waals surface area (Å²) in [6, 6.07) is 7.35. The van der Waals surface area contributed by atoms with Crippen LogP contribution in [0.4, 0.5) is 11.4 Å². The van der Waals surface area contributed by atoms with E-state index in [0.29, 0.717) is 36.3 Å². The van der Waals surface area contributed by atoms with Gasteiger partial charge in [0.05, 0.1) is 0 Å². The fourth-order valence-electron chi connectivity index (χ4n) is 6.92. The van der Waals surface area contributed by atoms with Crippen LogP contribution >= 0.6 is 0 Å². The molecule has 2 aromatic carbocycles. The molecule has 3 aliphatic rings. The fourth-order valence-corrected chi connectivity index (χ4v) is 6.92. The van der Waals surface area contributed by atoms with E-state index in [1.54, 1.807) is 13.8 Å². The van der Waals surface area contributed by atoms with Crippen molar-refractivity contribution in [2.75, 3.05) is 23.7 Å². The minimum Gasteiger partial charge on any atom is -0.344 e. The van der Waals surface area contributed by atoms with Crippen molar-refractivity contribution in [3.8, 4) is 0 Å². The van der Waals surface area contributed by atoms with Crippen LogP contribution in [0.1, 0.15) is 97.1 Å². The SMILES string of the molecule is C[C@H](NC(=O)C1CCC(CN)CC1)C(=O)Nc1ccc2c(c1)C(=O)c1ccc(NC(=O)[C@H](C)NC(=O)C3CCC(CN)CC3)cc1C2=O. The number of hydrogen-bond donors (Lipinski definition) is 6. The fraction of sp³-hybridized carbons (Fsp3) is 0.500. The molecule has 0 heterocycles. The van der Waals surface area contributed by atoms with Crippen LogP contribution in [-0.4, -0.2) is 60.4 Å². The minimum atomic E-state index is -0.806. The summed E-state index contributed by atoms with van der Waals surface area (Å²) in [5, 5.41) is 11.1. The number of carbonyl (C=O) groups is 6. The topological polar surface area (TPSA) is 203 Å². The average Bonchev–Trinajstić information content (AvgIpc) is 3.10. The van der Waals surface area contributed by atoms with Crippen molar-refractivity contribution in [3.63, 3.8) is 0 Å². The lowest BCUT2D eigenvalue weighted by atomic mass is 9.81. The van der Waals surface area contributed by atoms with Crippen LogP contribution in [0.2, 0.25) is 0 Å². The number of hydrogen-bond acceptors (Lipinski definition) is 8. The van der Waals surface area contributed by atoms with Gasteiger partial charge in [0.25, 0.3) is 0 Å². The van der Waals surface area contributed by atoms with Crippen LogP contribution in [0.15, 0.2) is 36.4 Å². The monoisotopic (exact) mass is 658 g/mol. The third kappa shape index (κ3) is 7.82. The molecule has 2 aromatic rings. The van der Waals surface area contributed by atoms with Crippen LogP contribution in [0, 0.1) is 23.7 Å². The van der Waals surface area contributed by atoms with E-state index in [9.17, 15) is 28.8 Å². The molecule has 5 rings (SSSR count). The molecule has 48 heavy (non-hydrogen) atoms. The number of benzene rings is 2. The van der Waals surface area contributed by atoms with Crippen molar-refractivity contribution in [1.82, 2.24) is 10.6 Å². The second-order valence-electron chi connectivity index (χ2n) is 13.5. The molecule has 0 aliphatic heterocycles. The number of amides is 4. The Balaban J connectivity index is 1.18. The Hall–Kier alpha value is -4.42. The van der Waals surface area contributed by atoms with Crippen molar-refractivity contribution < 1.29 is 28.8 Å². The van der Waals surface area contributed by atoms with Gasteiger partial charge < -0.3 is 32.7 Å². The van der Waals surface area contributed by atoms with E-state index in [1.165, 1.54) is 36.4 Å². The Kier molecular flexibility index (Phi) is 11.1. The summed E-state index contributed by atoms with van der Waals surface area (Å²) in [6.45, 7) is 4.43. The van der Waals surface area contributed by atoms with Crippen LogP contribution in [-0.2, 0) is 19.2 Å². The number of rotatable bonds is 10. The van der Waals surface area contributed by atoms with Crippen molar-refractivity contribution >= 4 is 46.6 Å². The number of nitrogens with two attached hydrogens (primary N) is 2. The van der Waals surface area contributed by atoms with Gasteiger partial charge in [-0.1, -0.05) is 0 Å². The van der Waals surface area contributed by atoms with E-state index in [0.717, 1.165) is 51.4 Å². The predicted octanol–water partition coefficient (Wildman–Crippen LogP) is 2.88. The van der Waals surface area contributed by atoms with E-state index in [1.807, 2.05) is 0 Å². The second kappa shape index (κ2) is 15.2. The smallest absolute Gasteiger partial charge is 0.246 e. The standard InChI is InChI=1S/C36H46N6O6/c1-19(39-35(47)23-7-3-21(17-37)4-8-23)33(45)41-25-11-13-27-29(15-25)31(43)28-14-12-26(16-30(28)32(27)44)42-34(46)20(2)40-36(48)24-9-5-22(18-38)6-10-24/h11-16,19-24H,3-10,17-18,37-38H2,1-2H3,(H,39,47)(H,40,48)(H,41,45)(H,42,46)/t19-,20-,21?,22?,23?,24?/m0/s1. The number of anilines is 2. The van der Waals surface area contributed by atoms with Crippen LogP contribution in [0.3, 0.4) is 0 Å². The highest BCUT2D eigenvalue weighted by atomic mass is 16.2. The zero-order chi connectivity index (χ0) is 34.5. The Bertz CT molecular complexity index is 1470. The van der Waals surface area contributed by atoms with Crippen LogP contribution < -0.4 is 32.7 Å². The molecule has 0 radical (unpaired) electrons. The van der Waals surface area contributed by atoms with Gasteiger partial charge in [-0.15, -0.1) is 0 Å². The summed E-state index contributed by atoms with van der Waals surface area (Å²) < 4.78 is 0. The quantitative estimate of drug-likeness (QED) is 0.191. The van der Waals surface area contributed by atoms with Gasteiger partial charge in [-0.25, -0.2) is 0 Å². The zero-order valence-electron chi connectivity index (χ0n) is 27.6. The highest BCUT2D eigenvalue weighted by molar-refractivity contribution is 6.29. The van der Waals surface area contributed by atoms with Gasteiger partial charge in [-0.3, -0.25) is 28.8 Å². The third-order valence-corrected chi connectivity index (χ3v) is 10.2. The van der Waals surface area contributed by atoms with E-state index in [2.05, 4.69) is 21.3 Å². The van der Waals surface area contributed by atoms with Gasteiger partial charge in [0.15, 0.2) is 11.6 Å². The second-order valence-corrected chi connectivity index (χ2v) is 13.5. The summed E-state index contributed by atoms with van der Waals surface area (Å²) in [5.41, 5.74) is 12.8. The lowest BCUT2D eigenvalue weighted by Gasteiger charge is -2.27. The summed E-state index contributed by atoms with van der Waals surface area (Å²) in [6.07, 6.45) is 6.55. The van der Waals surface area contributed by atoms with Gasteiger partial charge in [0.2, 0.25) is 23.6 Å². The molecule has 256 valence electrons. The van der Waals surface area contributed by atoms with Crippen molar-refractivity contribution in [3.05, 3.63) is 58.7 Å². The highest BCUT2D eigenvalue weighted by Crippen LogP contribution is 2.32. The molecule has 3 aliphatic carbocycles. The van der Waals surface area contributed by atoms with Crippen molar-refractivity contribution in [1.29, 1.82) is 0 Å². The first-order valence-corrected chi connectivity index (χ1v) is 17.0. The third-order valence-electron chi connectivity index (χ3n) is 10.2. The van der Waals surface area contributed by atoms with E-state index in [-0.39, 0.29) is 45.9 Å². The maximum Gasteiger partial charge on any atom is 0.246 e.